The lowest BCUT2D eigenvalue weighted by molar-refractivity contribution is -0.137. The van der Waals surface area contributed by atoms with Crippen LogP contribution in [-0.4, -0.2) is 79.0 Å². The summed E-state index contributed by atoms with van der Waals surface area (Å²) in [5.74, 6) is 0.390. The number of urea groups is 1. The first-order chi connectivity index (χ1) is 10.2. The standard InChI is InChI=1S/C15H28N4O2/c1-3-17(4-2)15(21)19-10-8-18(9-11-19)14(20)13-6-5-7-16-12-13/h13,16H,3-12H2,1-2H3/t13-/m1/s1. The van der Waals surface area contributed by atoms with Gasteiger partial charge in [-0.1, -0.05) is 0 Å². The van der Waals surface area contributed by atoms with Gasteiger partial charge in [0.1, 0.15) is 0 Å². The van der Waals surface area contributed by atoms with Crippen LogP contribution >= 0.6 is 0 Å². The lowest BCUT2D eigenvalue weighted by Crippen LogP contribution is -2.55. The zero-order valence-corrected chi connectivity index (χ0v) is 13.3. The van der Waals surface area contributed by atoms with Crippen LogP contribution in [0.4, 0.5) is 4.79 Å². The number of nitrogens with zero attached hydrogens (tertiary/aromatic N) is 3. The number of hydrogen-bond acceptors (Lipinski definition) is 3. The van der Waals surface area contributed by atoms with Crippen molar-refractivity contribution in [3.05, 3.63) is 0 Å². The SMILES string of the molecule is CCN(CC)C(=O)N1CCN(C(=O)[C@@H]2CCCNC2)CC1. The molecule has 0 aromatic heterocycles. The van der Waals surface area contributed by atoms with E-state index >= 15 is 0 Å². The van der Waals surface area contributed by atoms with E-state index in [1.54, 1.807) is 0 Å². The van der Waals surface area contributed by atoms with Crippen molar-refractivity contribution in [2.24, 2.45) is 5.92 Å². The van der Waals surface area contributed by atoms with Crippen molar-refractivity contribution in [1.29, 1.82) is 0 Å². The predicted octanol–water partition coefficient (Wildman–Crippen LogP) is 0.592. The Morgan fingerprint density at radius 3 is 2.24 bits per heavy atom. The van der Waals surface area contributed by atoms with Crippen LogP contribution in [0.3, 0.4) is 0 Å². The largest absolute Gasteiger partial charge is 0.339 e. The first-order valence-electron chi connectivity index (χ1n) is 8.20. The first kappa shape index (κ1) is 16.1. The number of nitrogens with one attached hydrogen (secondary N) is 1. The average molecular weight is 296 g/mol. The number of amides is 3. The first-order valence-corrected chi connectivity index (χ1v) is 8.20. The van der Waals surface area contributed by atoms with Crippen LogP contribution < -0.4 is 5.32 Å². The third-order valence-electron chi connectivity index (χ3n) is 4.54. The second-order valence-electron chi connectivity index (χ2n) is 5.81. The summed E-state index contributed by atoms with van der Waals surface area (Å²) in [5.41, 5.74) is 0. The summed E-state index contributed by atoms with van der Waals surface area (Å²) < 4.78 is 0. The highest BCUT2D eigenvalue weighted by Gasteiger charge is 2.30. The molecule has 0 bridgehead atoms. The van der Waals surface area contributed by atoms with Crippen molar-refractivity contribution in [3.8, 4) is 0 Å². The third kappa shape index (κ3) is 3.87. The van der Waals surface area contributed by atoms with Crippen molar-refractivity contribution in [1.82, 2.24) is 20.0 Å². The molecule has 2 heterocycles. The molecule has 2 aliphatic heterocycles. The molecule has 0 aromatic rings. The van der Waals surface area contributed by atoms with Gasteiger partial charge in [-0.05, 0) is 33.2 Å². The van der Waals surface area contributed by atoms with Gasteiger partial charge in [-0.15, -0.1) is 0 Å². The van der Waals surface area contributed by atoms with E-state index in [0.29, 0.717) is 26.2 Å². The molecular weight excluding hydrogens is 268 g/mol. The highest BCUT2D eigenvalue weighted by molar-refractivity contribution is 5.80. The number of rotatable bonds is 3. The summed E-state index contributed by atoms with van der Waals surface area (Å²) in [7, 11) is 0. The van der Waals surface area contributed by atoms with Gasteiger partial charge in [-0.25, -0.2) is 4.79 Å². The Balaban J connectivity index is 1.82. The van der Waals surface area contributed by atoms with E-state index in [-0.39, 0.29) is 17.9 Å². The molecule has 0 radical (unpaired) electrons. The van der Waals surface area contributed by atoms with Crippen LogP contribution in [0, 0.1) is 5.92 Å². The molecule has 2 aliphatic rings. The summed E-state index contributed by atoms with van der Waals surface area (Å²) in [6.07, 6.45) is 2.07. The summed E-state index contributed by atoms with van der Waals surface area (Å²) in [6.45, 7) is 9.94. The van der Waals surface area contributed by atoms with Crippen LogP contribution in [0.5, 0.6) is 0 Å². The summed E-state index contributed by atoms with van der Waals surface area (Å²) in [5, 5.41) is 3.29. The van der Waals surface area contributed by atoms with E-state index in [1.165, 1.54) is 0 Å². The molecule has 0 spiro atoms. The molecule has 6 heteroatoms. The smallest absolute Gasteiger partial charge is 0.320 e. The van der Waals surface area contributed by atoms with E-state index in [1.807, 2.05) is 28.5 Å². The van der Waals surface area contributed by atoms with Gasteiger partial charge in [0.2, 0.25) is 5.91 Å². The minimum atomic E-state index is 0.103. The zero-order valence-electron chi connectivity index (χ0n) is 13.3. The second kappa shape index (κ2) is 7.64. The van der Waals surface area contributed by atoms with Gasteiger partial charge in [-0.2, -0.15) is 0 Å². The summed E-state index contributed by atoms with van der Waals surface area (Å²) in [4.78, 5) is 30.4. The van der Waals surface area contributed by atoms with E-state index in [4.69, 9.17) is 0 Å². The fourth-order valence-electron chi connectivity index (χ4n) is 3.13. The minimum Gasteiger partial charge on any atom is -0.339 e. The Kier molecular flexibility index (Phi) is 5.85. The maximum Gasteiger partial charge on any atom is 0.320 e. The zero-order chi connectivity index (χ0) is 15.2. The molecule has 1 atom stereocenters. The molecule has 6 nitrogen and oxygen atoms in total. The minimum absolute atomic E-state index is 0.103. The molecule has 1 N–H and O–H groups in total. The molecule has 120 valence electrons. The van der Waals surface area contributed by atoms with Gasteiger partial charge in [-0.3, -0.25) is 4.79 Å². The molecule has 0 aliphatic carbocycles. The quantitative estimate of drug-likeness (QED) is 0.829. The average Bonchev–Trinajstić information content (AvgIpc) is 2.56. The highest BCUT2D eigenvalue weighted by Crippen LogP contribution is 2.15. The van der Waals surface area contributed by atoms with Crippen LogP contribution in [0.25, 0.3) is 0 Å². The molecule has 3 amide bonds. The van der Waals surface area contributed by atoms with Gasteiger partial charge in [0, 0.05) is 45.8 Å². The number of piperazine rings is 1. The number of piperidine rings is 1. The molecule has 0 unspecified atom stereocenters. The fourth-order valence-corrected chi connectivity index (χ4v) is 3.13. The van der Waals surface area contributed by atoms with Crippen LogP contribution in [0.2, 0.25) is 0 Å². The topological polar surface area (TPSA) is 55.9 Å². The van der Waals surface area contributed by atoms with Crippen molar-refractivity contribution in [2.45, 2.75) is 26.7 Å². The number of carbonyl (C=O) groups excluding carboxylic acids is 2. The molecule has 0 saturated carbocycles. The van der Waals surface area contributed by atoms with E-state index < -0.39 is 0 Å². The molecule has 2 saturated heterocycles. The van der Waals surface area contributed by atoms with Gasteiger partial charge in [0.05, 0.1) is 5.92 Å². The monoisotopic (exact) mass is 296 g/mol. The molecule has 2 fully saturated rings. The normalized spacial score (nSPS) is 23.0. The van der Waals surface area contributed by atoms with Crippen LogP contribution in [0.1, 0.15) is 26.7 Å². The summed E-state index contributed by atoms with van der Waals surface area (Å²) >= 11 is 0. The maximum atomic E-state index is 12.4. The fraction of sp³-hybridized carbons (Fsp3) is 0.867. The lowest BCUT2D eigenvalue weighted by Gasteiger charge is -2.38. The van der Waals surface area contributed by atoms with E-state index in [2.05, 4.69) is 5.32 Å². The molecule has 2 rings (SSSR count). The Morgan fingerprint density at radius 1 is 1.10 bits per heavy atom. The predicted molar refractivity (Wildman–Crippen MR) is 82.1 cm³/mol. The Morgan fingerprint density at radius 2 is 1.71 bits per heavy atom. The third-order valence-corrected chi connectivity index (χ3v) is 4.54. The Bertz CT molecular complexity index is 357. The van der Waals surface area contributed by atoms with Crippen molar-refractivity contribution in [2.75, 3.05) is 52.4 Å². The molecule has 0 aromatic carbocycles. The number of carbonyl (C=O) groups is 2. The van der Waals surface area contributed by atoms with Crippen molar-refractivity contribution >= 4 is 11.9 Å². The van der Waals surface area contributed by atoms with Gasteiger partial charge < -0.3 is 20.0 Å². The van der Waals surface area contributed by atoms with E-state index in [9.17, 15) is 9.59 Å². The highest BCUT2D eigenvalue weighted by atomic mass is 16.2. The van der Waals surface area contributed by atoms with Crippen molar-refractivity contribution < 1.29 is 9.59 Å². The van der Waals surface area contributed by atoms with Gasteiger partial charge in [0.15, 0.2) is 0 Å². The number of hydrogen-bond donors (Lipinski definition) is 1. The Hall–Kier alpha value is -1.30. The molecule has 21 heavy (non-hydrogen) atoms. The maximum absolute atomic E-state index is 12.4. The van der Waals surface area contributed by atoms with E-state index in [0.717, 1.165) is 39.0 Å². The van der Waals surface area contributed by atoms with Gasteiger partial charge >= 0.3 is 6.03 Å². The van der Waals surface area contributed by atoms with Crippen LogP contribution in [0.15, 0.2) is 0 Å². The van der Waals surface area contributed by atoms with Crippen LogP contribution in [-0.2, 0) is 4.79 Å². The second-order valence-corrected chi connectivity index (χ2v) is 5.81. The summed E-state index contributed by atoms with van der Waals surface area (Å²) in [6, 6.07) is 0.103. The van der Waals surface area contributed by atoms with Crippen molar-refractivity contribution in [3.63, 3.8) is 0 Å². The molecular formula is C15H28N4O2. The lowest BCUT2D eigenvalue weighted by atomic mass is 9.98. The van der Waals surface area contributed by atoms with Gasteiger partial charge in [0.25, 0.3) is 0 Å². The Labute approximate surface area is 127 Å².